The lowest BCUT2D eigenvalue weighted by molar-refractivity contribution is 0.899. The Morgan fingerprint density at radius 3 is 1.40 bits per heavy atom. The van der Waals surface area contributed by atoms with Crippen LogP contribution in [0.5, 0.6) is 0 Å². The van der Waals surface area contributed by atoms with Crippen molar-refractivity contribution in [3.8, 4) is 55.9 Å². The van der Waals surface area contributed by atoms with Crippen molar-refractivity contribution in [3.63, 3.8) is 0 Å². The van der Waals surface area contributed by atoms with Gasteiger partial charge in [-0.1, -0.05) is 218 Å². The minimum atomic E-state index is -0.0162. The number of benzene rings is 13. The minimum absolute atomic E-state index is 0.0117. The highest BCUT2D eigenvalue weighted by atomic mass is 15.2. The summed E-state index contributed by atoms with van der Waals surface area (Å²) >= 11 is 0. The summed E-state index contributed by atoms with van der Waals surface area (Å²) in [6, 6.07) is 109. The first-order chi connectivity index (χ1) is 41.7. The fraction of sp³-hybridized carbons (Fsp3) is 0.0127. The van der Waals surface area contributed by atoms with Gasteiger partial charge in [0.1, 0.15) is 0 Å². The summed E-state index contributed by atoms with van der Waals surface area (Å²) < 4.78 is 5.30. The maximum Gasteiger partial charge on any atom is 0.252 e. The second-order valence-electron chi connectivity index (χ2n) is 23.1. The number of aromatic nitrogens is 2. The highest BCUT2D eigenvalue weighted by Crippen LogP contribution is 2.59. The minimum Gasteiger partial charge on any atom is -0.311 e. The summed E-state index contributed by atoms with van der Waals surface area (Å²) in [6.45, 7) is -0.0117. The zero-order valence-electron chi connectivity index (χ0n) is 45.7. The smallest absolute Gasteiger partial charge is 0.252 e. The molecular weight excluding hydrogens is 1020 g/mol. The van der Waals surface area contributed by atoms with Crippen LogP contribution in [0.25, 0.3) is 99.5 Å². The molecular formula is C79H49BN4. The largest absolute Gasteiger partial charge is 0.311 e. The van der Waals surface area contributed by atoms with Gasteiger partial charge >= 0.3 is 0 Å². The fourth-order valence-electron chi connectivity index (χ4n) is 15.4. The van der Waals surface area contributed by atoms with Gasteiger partial charge in [-0.15, -0.1) is 0 Å². The van der Waals surface area contributed by atoms with E-state index in [1.807, 2.05) is 0 Å². The number of anilines is 6. The normalized spacial score (nSPS) is 14.0. The summed E-state index contributed by atoms with van der Waals surface area (Å²) in [6.07, 6.45) is 0. The van der Waals surface area contributed by atoms with Crippen LogP contribution in [0.1, 0.15) is 22.6 Å². The number of fused-ring (bicyclic) bond motifs is 17. The monoisotopic (exact) mass is 1060 g/mol. The molecule has 1 atom stereocenters. The molecule has 4 aliphatic rings. The van der Waals surface area contributed by atoms with Gasteiger partial charge in [0, 0.05) is 61.5 Å². The lowest BCUT2D eigenvalue weighted by atomic mass is 9.33. The first-order valence-electron chi connectivity index (χ1n) is 29.3. The summed E-state index contributed by atoms with van der Waals surface area (Å²) in [5.74, 6) is -0.0162. The van der Waals surface area contributed by atoms with E-state index in [1.165, 1.54) is 155 Å². The summed E-state index contributed by atoms with van der Waals surface area (Å²) in [7, 11) is 0. The van der Waals surface area contributed by atoms with Crippen molar-refractivity contribution in [1.82, 2.24) is 9.13 Å². The highest BCUT2D eigenvalue weighted by Gasteiger charge is 2.44. The van der Waals surface area contributed by atoms with Gasteiger partial charge in [0.05, 0.1) is 39.1 Å². The van der Waals surface area contributed by atoms with E-state index in [4.69, 9.17) is 0 Å². The molecule has 0 spiro atoms. The standard InChI is InChI=1S/C79H49BN4/c1-5-17-49(18-6-1)53-29-35-57(36-30-53)81-67-42-33-55(51-21-9-3-10-22-51)47-63(67)73-61-25-13-15-27-66(61)83-70-44-39-59-60-40-46-72-76-79(60)84(77(59)74(70)62-41-45-71(81)75(73)78(62)83)68-28-16-14-26-64(68)80(76)65-48-56(52-23-11-4-12-24-52)34-43-69(65)82(72)58-37-31-54(32-38-58)50-19-7-2-8-20-50/h1-48,73H. The number of hydrogen-bond donors (Lipinski definition) is 0. The van der Waals surface area contributed by atoms with E-state index >= 15 is 0 Å². The predicted octanol–water partition coefficient (Wildman–Crippen LogP) is 18.4. The third kappa shape index (κ3) is 6.27. The Balaban J connectivity index is 0.898. The average Bonchev–Trinajstić information content (AvgIpc) is 1.54. The van der Waals surface area contributed by atoms with E-state index in [0.29, 0.717) is 0 Å². The van der Waals surface area contributed by atoms with Crippen LogP contribution in [0, 0.1) is 0 Å². The van der Waals surface area contributed by atoms with Gasteiger partial charge in [0.15, 0.2) is 0 Å². The van der Waals surface area contributed by atoms with Gasteiger partial charge in [-0.2, -0.15) is 0 Å². The lowest BCUT2D eigenvalue weighted by Crippen LogP contribution is -2.60. The van der Waals surface area contributed by atoms with Crippen molar-refractivity contribution < 1.29 is 0 Å². The van der Waals surface area contributed by atoms with Gasteiger partial charge in [0.2, 0.25) is 0 Å². The van der Waals surface area contributed by atoms with Crippen molar-refractivity contribution in [1.29, 1.82) is 0 Å². The highest BCUT2D eigenvalue weighted by molar-refractivity contribution is 7.00. The SMILES string of the molecule is c1ccc(-c2ccc(N3c4ccc(-c5ccccc5)cc4C4c5ccccc5-n5c6ccc7c8ccc9c%10c8n(c7c6c6ccc3c4c65)-c3ccccc3B%10c3cc(-c4ccccc4)ccc3N9c3ccc(-c4ccccc4)cc3)cc2)cc1. The van der Waals surface area contributed by atoms with Gasteiger partial charge in [-0.05, 0) is 145 Å². The Labute approximate surface area is 486 Å². The first kappa shape index (κ1) is 45.8. The van der Waals surface area contributed by atoms with E-state index in [0.717, 1.165) is 11.4 Å². The van der Waals surface area contributed by atoms with Gasteiger partial charge in [-0.25, -0.2) is 0 Å². The van der Waals surface area contributed by atoms with Crippen LogP contribution in [-0.2, 0) is 0 Å². The van der Waals surface area contributed by atoms with Gasteiger partial charge in [0.25, 0.3) is 6.71 Å². The van der Waals surface area contributed by atoms with Crippen LogP contribution in [0.2, 0.25) is 0 Å². The Hall–Kier alpha value is -10.9. The van der Waals surface area contributed by atoms with Crippen molar-refractivity contribution in [2.45, 2.75) is 5.92 Å². The molecule has 0 amide bonds. The molecule has 6 heterocycles. The zero-order chi connectivity index (χ0) is 54.7. The zero-order valence-corrected chi connectivity index (χ0v) is 45.7. The second kappa shape index (κ2) is 17.3. The molecule has 0 fully saturated rings. The number of rotatable bonds is 6. The molecule has 4 aliphatic heterocycles. The van der Waals surface area contributed by atoms with Crippen LogP contribution in [-0.4, -0.2) is 15.8 Å². The Kier molecular flexibility index (Phi) is 9.45. The molecule has 1 unspecified atom stereocenters. The van der Waals surface area contributed by atoms with E-state index in [9.17, 15) is 0 Å². The molecule has 5 heteroatoms. The van der Waals surface area contributed by atoms with E-state index in [1.54, 1.807) is 0 Å². The molecule has 0 bridgehead atoms. The Morgan fingerprint density at radius 2 is 0.750 bits per heavy atom. The summed E-state index contributed by atoms with van der Waals surface area (Å²) in [4.78, 5) is 5.07. The van der Waals surface area contributed by atoms with Gasteiger partial charge < -0.3 is 18.9 Å². The predicted molar refractivity (Wildman–Crippen MR) is 352 cm³/mol. The maximum atomic E-state index is 2.67. The van der Waals surface area contributed by atoms with E-state index < -0.39 is 0 Å². The molecule has 0 saturated heterocycles. The van der Waals surface area contributed by atoms with Crippen molar-refractivity contribution >= 4 is 101 Å². The van der Waals surface area contributed by atoms with E-state index in [-0.39, 0.29) is 12.6 Å². The molecule has 4 nitrogen and oxygen atoms in total. The molecule has 0 radical (unpaired) electrons. The molecule has 15 aromatic rings. The first-order valence-corrected chi connectivity index (χ1v) is 29.3. The molecule has 13 aromatic carbocycles. The maximum absolute atomic E-state index is 2.67. The molecule has 2 aromatic heterocycles. The van der Waals surface area contributed by atoms with Crippen LogP contribution in [0.15, 0.2) is 291 Å². The molecule has 0 N–H and O–H groups in total. The topological polar surface area (TPSA) is 16.3 Å². The molecule has 388 valence electrons. The quantitative estimate of drug-likeness (QED) is 0.154. The third-order valence-electron chi connectivity index (χ3n) is 18.9. The average molecular weight is 1070 g/mol. The summed E-state index contributed by atoms with van der Waals surface area (Å²) in [5, 5.41) is 5.07. The van der Waals surface area contributed by atoms with Crippen LogP contribution in [0.4, 0.5) is 34.1 Å². The molecule has 84 heavy (non-hydrogen) atoms. The number of nitrogens with zero attached hydrogens (tertiary/aromatic N) is 4. The van der Waals surface area contributed by atoms with Crippen molar-refractivity contribution in [2.75, 3.05) is 9.80 Å². The fourth-order valence-corrected chi connectivity index (χ4v) is 15.4. The van der Waals surface area contributed by atoms with E-state index in [2.05, 4.69) is 310 Å². The molecule has 0 aliphatic carbocycles. The second-order valence-corrected chi connectivity index (χ2v) is 23.1. The van der Waals surface area contributed by atoms with Crippen LogP contribution in [0.3, 0.4) is 0 Å². The number of para-hydroxylation sites is 2. The molecule has 19 rings (SSSR count). The number of hydrogen-bond acceptors (Lipinski definition) is 2. The molecule has 0 saturated carbocycles. The summed E-state index contributed by atoms with van der Waals surface area (Å²) in [5.41, 5.74) is 32.2. The van der Waals surface area contributed by atoms with Crippen molar-refractivity contribution in [3.05, 3.63) is 308 Å². The van der Waals surface area contributed by atoms with Crippen LogP contribution < -0.4 is 26.2 Å². The van der Waals surface area contributed by atoms with Gasteiger partial charge in [-0.3, -0.25) is 0 Å². The Bertz CT molecular complexity index is 5240. The third-order valence-corrected chi connectivity index (χ3v) is 18.9. The lowest BCUT2D eigenvalue weighted by Gasteiger charge is -2.41. The van der Waals surface area contributed by atoms with Crippen molar-refractivity contribution in [2.24, 2.45) is 0 Å². The Morgan fingerprint density at radius 1 is 0.274 bits per heavy atom. The van der Waals surface area contributed by atoms with Crippen LogP contribution >= 0.6 is 0 Å².